The standard InChI is InChI=1S/C12H11ClFN3O/c1-15-5-9-6-17-12(7-16-9)18-11-4-8(14)2-3-10(11)13/h2-4,6-7,15H,5H2,1H3. The summed E-state index contributed by atoms with van der Waals surface area (Å²) < 4.78 is 18.4. The zero-order valence-electron chi connectivity index (χ0n) is 9.65. The summed E-state index contributed by atoms with van der Waals surface area (Å²) in [5.41, 5.74) is 0.787. The van der Waals surface area contributed by atoms with Crippen molar-refractivity contribution in [1.82, 2.24) is 15.3 Å². The number of hydrogen-bond acceptors (Lipinski definition) is 4. The molecule has 0 radical (unpaired) electrons. The van der Waals surface area contributed by atoms with Crippen LogP contribution in [0.5, 0.6) is 11.6 Å². The summed E-state index contributed by atoms with van der Waals surface area (Å²) in [6.07, 6.45) is 3.05. The number of nitrogens with zero attached hydrogens (tertiary/aromatic N) is 2. The Morgan fingerprint density at radius 3 is 2.83 bits per heavy atom. The largest absolute Gasteiger partial charge is 0.436 e. The highest BCUT2D eigenvalue weighted by atomic mass is 35.5. The normalized spacial score (nSPS) is 10.4. The van der Waals surface area contributed by atoms with Crippen LogP contribution in [0.3, 0.4) is 0 Å². The molecular weight excluding hydrogens is 257 g/mol. The van der Waals surface area contributed by atoms with Crippen molar-refractivity contribution < 1.29 is 9.13 Å². The van der Waals surface area contributed by atoms with Gasteiger partial charge in [-0.2, -0.15) is 0 Å². The molecule has 0 amide bonds. The van der Waals surface area contributed by atoms with E-state index in [0.717, 1.165) is 5.69 Å². The van der Waals surface area contributed by atoms with Crippen molar-refractivity contribution in [3.63, 3.8) is 0 Å². The van der Waals surface area contributed by atoms with Gasteiger partial charge in [-0.05, 0) is 19.2 Å². The lowest BCUT2D eigenvalue weighted by molar-refractivity contribution is 0.454. The smallest absolute Gasteiger partial charge is 0.237 e. The van der Waals surface area contributed by atoms with Gasteiger partial charge in [0.2, 0.25) is 5.88 Å². The fraction of sp³-hybridized carbons (Fsp3) is 0.167. The van der Waals surface area contributed by atoms with Crippen LogP contribution >= 0.6 is 11.6 Å². The summed E-state index contributed by atoms with van der Waals surface area (Å²) in [6.45, 7) is 0.619. The van der Waals surface area contributed by atoms with E-state index in [1.54, 1.807) is 6.20 Å². The van der Waals surface area contributed by atoms with Crippen molar-refractivity contribution in [3.8, 4) is 11.6 Å². The molecule has 2 aromatic rings. The Bertz CT molecular complexity index is 533. The lowest BCUT2D eigenvalue weighted by Gasteiger charge is -2.06. The summed E-state index contributed by atoms with van der Waals surface area (Å²) >= 11 is 5.88. The van der Waals surface area contributed by atoms with Crippen LogP contribution in [0.2, 0.25) is 5.02 Å². The Balaban J connectivity index is 2.15. The first-order valence-electron chi connectivity index (χ1n) is 5.27. The summed E-state index contributed by atoms with van der Waals surface area (Å²) in [5, 5.41) is 3.27. The Morgan fingerprint density at radius 1 is 1.33 bits per heavy atom. The first kappa shape index (κ1) is 12.7. The van der Waals surface area contributed by atoms with Gasteiger partial charge in [0, 0.05) is 12.6 Å². The van der Waals surface area contributed by atoms with Crippen LogP contribution in [0.25, 0.3) is 0 Å². The highest BCUT2D eigenvalue weighted by molar-refractivity contribution is 6.32. The van der Waals surface area contributed by atoms with Gasteiger partial charge in [-0.1, -0.05) is 11.6 Å². The third-order valence-electron chi connectivity index (χ3n) is 2.15. The van der Waals surface area contributed by atoms with Gasteiger partial charge in [-0.15, -0.1) is 0 Å². The van der Waals surface area contributed by atoms with Crippen LogP contribution in [-0.4, -0.2) is 17.0 Å². The molecule has 1 heterocycles. The molecule has 0 aliphatic carbocycles. The topological polar surface area (TPSA) is 47.0 Å². The lowest BCUT2D eigenvalue weighted by atomic mass is 10.3. The van der Waals surface area contributed by atoms with Gasteiger partial charge in [0.1, 0.15) is 5.82 Å². The predicted octanol–water partition coefficient (Wildman–Crippen LogP) is 2.78. The third-order valence-corrected chi connectivity index (χ3v) is 2.46. The highest BCUT2D eigenvalue weighted by Gasteiger charge is 2.06. The monoisotopic (exact) mass is 267 g/mol. The summed E-state index contributed by atoms with van der Waals surface area (Å²) in [5.74, 6) is 0.0591. The predicted molar refractivity (Wildman–Crippen MR) is 66.3 cm³/mol. The van der Waals surface area contributed by atoms with Gasteiger partial charge < -0.3 is 10.1 Å². The fourth-order valence-electron chi connectivity index (χ4n) is 1.34. The molecule has 0 spiro atoms. The van der Waals surface area contributed by atoms with E-state index >= 15 is 0 Å². The van der Waals surface area contributed by atoms with E-state index in [0.29, 0.717) is 11.6 Å². The van der Waals surface area contributed by atoms with Crippen LogP contribution in [0.15, 0.2) is 30.6 Å². The third kappa shape index (κ3) is 3.15. The van der Waals surface area contributed by atoms with Gasteiger partial charge in [-0.3, -0.25) is 4.98 Å². The maximum atomic E-state index is 13.0. The zero-order chi connectivity index (χ0) is 13.0. The quantitative estimate of drug-likeness (QED) is 0.925. The van der Waals surface area contributed by atoms with E-state index in [2.05, 4.69) is 15.3 Å². The zero-order valence-corrected chi connectivity index (χ0v) is 10.4. The number of ether oxygens (including phenoxy) is 1. The van der Waals surface area contributed by atoms with Gasteiger partial charge in [0.05, 0.1) is 23.1 Å². The second-order valence-electron chi connectivity index (χ2n) is 3.55. The van der Waals surface area contributed by atoms with Crippen LogP contribution in [0.1, 0.15) is 5.69 Å². The molecule has 1 aromatic heterocycles. The minimum Gasteiger partial charge on any atom is -0.436 e. The van der Waals surface area contributed by atoms with Gasteiger partial charge in [-0.25, -0.2) is 9.37 Å². The van der Waals surface area contributed by atoms with Crippen LogP contribution in [-0.2, 0) is 6.54 Å². The molecule has 0 atom stereocenters. The summed E-state index contributed by atoms with van der Waals surface area (Å²) in [6, 6.07) is 3.89. The minimum absolute atomic E-state index is 0.215. The average molecular weight is 268 g/mol. The molecule has 18 heavy (non-hydrogen) atoms. The van der Waals surface area contributed by atoms with E-state index in [4.69, 9.17) is 16.3 Å². The van der Waals surface area contributed by atoms with Crippen molar-refractivity contribution in [2.45, 2.75) is 6.54 Å². The van der Waals surface area contributed by atoms with Crippen LogP contribution in [0.4, 0.5) is 4.39 Å². The summed E-state index contributed by atoms with van der Waals surface area (Å²) in [7, 11) is 1.82. The molecule has 4 nitrogen and oxygen atoms in total. The van der Waals surface area contributed by atoms with Crippen molar-refractivity contribution in [2.24, 2.45) is 0 Å². The molecule has 94 valence electrons. The van der Waals surface area contributed by atoms with Crippen molar-refractivity contribution >= 4 is 11.6 Å². The molecule has 0 saturated heterocycles. The fourth-order valence-corrected chi connectivity index (χ4v) is 1.49. The molecule has 0 unspecified atom stereocenters. The van der Waals surface area contributed by atoms with Gasteiger partial charge in [0.25, 0.3) is 0 Å². The molecule has 0 aliphatic heterocycles. The molecule has 1 aromatic carbocycles. The first-order valence-corrected chi connectivity index (χ1v) is 5.65. The molecule has 0 saturated carbocycles. The number of hydrogen-bond donors (Lipinski definition) is 1. The van der Waals surface area contributed by atoms with E-state index in [9.17, 15) is 4.39 Å². The van der Waals surface area contributed by atoms with E-state index in [1.165, 1.54) is 24.4 Å². The molecule has 0 fully saturated rings. The van der Waals surface area contributed by atoms with Crippen LogP contribution < -0.4 is 10.1 Å². The second kappa shape index (κ2) is 5.75. The molecular formula is C12H11ClFN3O. The van der Waals surface area contributed by atoms with Gasteiger partial charge in [0.15, 0.2) is 5.75 Å². The number of halogens is 2. The lowest BCUT2D eigenvalue weighted by Crippen LogP contribution is -2.07. The minimum atomic E-state index is -0.422. The Kier molecular flexibility index (Phi) is 4.07. The van der Waals surface area contributed by atoms with Crippen molar-refractivity contribution in [1.29, 1.82) is 0 Å². The Hall–Kier alpha value is -1.72. The first-order chi connectivity index (χ1) is 8.69. The van der Waals surface area contributed by atoms with E-state index in [1.807, 2.05) is 7.05 Å². The number of aromatic nitrogens is 2. The molecule has 0 bridgehead atoms. The van der Waals surface area contributed by atoms with Crippen molar-refractivity contribution in [2.75, 3.05) is 7.05 Å². The maximum absolute atomic E-state index is 13.0. The molecule has 0 aliphatic rings. The number of rotatable bonds is 4. The Morgan fingerprint density at radius 2 is 2.17 bits per heavy atom. The van der Waals surface area contributed by atoms with Gasteiger partial charge >= 0.3 is 0 Å². The average Bonchev–Trinajstić information content (AvgIpc) is 2.37. The summed E-state index contributed by atoms with van der Waals surface area (Å²) in [4.78, 5) is 8.19. The number of nitrogens with one attached hydrogen (secondary N) is 1. The maximum Gasteiger partial charge on any atom is 0.237 e. The molecule has 2 rings (SSSR count). The van der Waals surface area contributed by atoms with E-state index in [-0.39, 0.29) is 11.6 Å². The number of benzene rings is 1. The Labute approximate surface area is 109 Å². The second-order valence-corrected chi connectivity index (χ2v) is 3.96. The van der Waals surface area contributed by atoms with E-state index < -0.39 is 5.82 Å². The molecule has 1 N–H and O–H groups in total. The SMILES string of the molecule is CNCc1cnc(Oc2cc(F)ccc2Cl)cn1. The molecule has 6 heteroatoms. The highest BCUT2D eigenvalue weighted by Crippen LogP contribution is 2.28. The van der Waals surface area contributed by atoms with Crippen LogP contribution in [0, 0.1) is 5.82 Å². The van der Waals surface area contributed by atoms with Crippen molar-refractivity contribution in [3.05, 3.63) is 47.1 Å².